The molecule has 0 bridgehead atoms. The molecule has 0 unspecified atom stereocenters. The summed E-state index contributed by atoms with van der Waals surface area (Å²) in [5.41, 5.74) is 1.91. The van der Waals surface area contributed by atoms with E-state index in [2.05, 4.69) is 5.32 Å². The minimum atomic E-state index is -0.437. The third-order valence-corrected chi connectivity index (χ3v) is 4.55. The topological polar surface area (TPSA) is 87.0 Å². The fraction of sp³-hybridized carbons (Fsp3) is 0.238. The molecule has 3 rings (SSSR count). The molecule has 0 spiro atoms. The molecule has 8 heteroatoms. The summed E-state index contributed by atoms with van der Waals surface area (Å²) in [6.07, 6.45) is 0. The van der Waals surface area contributed by atoms with Gasteiger partial charge in [-0.3, -0.25) is 4.79 Å². The summed E-state index contributed by atoms with van der Waals surface area (Å²) in [6.45, 7) is 3.37. The number of hydrogen-bond acceptors (Lipinski definition) is 6. The van der Waals surface area contributed by atoms with Crippen LogP contribution in [0.2, 0.25) is 5.02 Å². The van der Waals surface area contributed by atoms with Crippen LogP contribution in [0.3, 0.4) is 0 Å². The summed E-state index contributed by atoms with van der Waals surface area (Å²) in [4.78, 5) is 24.1. The van der Waals surface area contributed by atoms with Gasteiger partial charge in [0.25, 0.3) is 5.91 Å². The van der Waals surface area contributed by atoms with Crippen LogP contribution in [0.25, 0.3) is 11.0 Å². The van der Waals surface area contributed by atoms with E-state index in [9.17, 15) is 9.59 Å². The molecular formula is C21H20ClNO6. The minimum Gasteiger partial charge on any atom is -0.495 e. The number of amides is 1. The Hall–Kier alpha value is -3.19. The molecule has 0 aliphatic carbocycles. The fourth-order valence-electron chi connectivity index (χ4n) is 2.98. The minimum absolute atomic E-state index is 0.260. The molecule has 0 radical (unpaired) electrons. The van der Waals surface area contributed by atoms with Crippen LogP contribution in [0.4, 0.5) is 5.69 Å². The number of rotatable bonds is 6. The Labute approximate surface area is 172 Å². The van der Waals surface area contributed by atoms with Gasteiger partial charge in [-0.1, -0.05) is 11.6 Å². The molecule has 0 fully saturated rings. The molecule has 0 aliphatic heterocycles. The number of aryl methyl sites for hydroxylation is 2. The van der Waals surface area contributed by atoms with Crippen molar-refractivity contribution < 1.29 is 23.4 Å². The highest BCUT2D eigenvalue weighted by atomic mass is 35.5. The predicted octanol–water partition coefficient (Wildman–Crippen LogP) is 4.10. The smallest absolute Gasteiger partial charge is 0.336 e. The highest BCUT2D eigenvalue weighted by Gasteiger charge is 2.15. The van der Waals surface area contributed by atoms with E-state index in [1.165, 1.54) is 26.4 Å². The van der Waals surface area contributed by atoms with Gasteiger partial charge in [0.15, 0.2) is 6.61 Å². The first-order valence-electron chi connectivity index (χ1n) is 8.71. The summed E-state index contributed by atoms with van der Waals surface area (Å²) >= 11 is 6.13. The average molecular weight is 418 g/mol. The summed E-state index contributed by atoms with van der Waals surface area (Å²) < 4.78 is 21.4. The summed E-state index contributed by atoms with van der Waals surface area (Å²) in [5.74, 6) is 0.879. The fourth-order valence-corrected chi connectivity index (χ4v) is 3.22. The summed E-state index contributed by atoms with van der Waals surface area (Å²) in [6, 6.07) is 8.04. The van der Waals surface area contributed by atoms with E-state index in [-0.39, 0.29) is 6.61 Å². The second-order valence-corrected chi connectivity index (χ2v) is 6.82. The first-order valence-corrected chi connectivity index (χ1v) is 9.09. The Morgan fingerprint density at radius 1 is 1.03 bits per heavy atom. The van der Waals surface area contributed by atoms with Crippen LogP contribution in [-0.2, 0) is 4.79 Å². The molecule has 2 aromatic carbocycles. The van der Waals surface area contributed by atoms with Crippen LogP contribution in [0.15, 0.2) is 39.5 Å². The van der Waals surface area contributed by atoms with Crippen molar-refractivity contribution in [1.82, 2.24) is 0 Å². The lowest BCUT2D eigenvalue weighted by Crippen LogP contribution is -2.20. The van der Waals surface area contributed by atoms with Crippen molar-refractivity contribution in [3.05, 3.63) is 56.9 Å². The van der Waals surface area contributed by atoms with Crippen molar-refractivity contribution in [2.45, 2.75) is 13.8 Å². The molecule has 7 nitrogen and oxygen atoms in total. The third-order valence-electron chi connectivity index (χ3n) is 4.26. The van der Waals surface area contributed by atoms with Gasteiger partial charge in [-0.05, 0) is 43.2 Å². The van der Waals surface area contributed by atoms with Gasteiger partial charge in [0.05, 0.1) is 30.3 Å². The molecule has 1 heterocycles. The van der Waals surface area contributed by atoms with Crippen molar-refractivity contribution in [3.63, 3.8) is 0 Å². The zero-order valence-corrected chi connectivity index (χ0v) is 17.2. The van der Waals surface area contributed by atoms with Gasteiger partial charge in [0.2, 0.25) is 0 Å². The number of hydrogen-bond donors (Lipinski definition) is 1. The van der Waals surface area contributed by atoms with E-state index in [1.54, 1.807) is 25.1 Å². The Bertz CT molecular complexity index is 1140. The SMILES string of the molecule is COc1cc(OC)c(NC(=O)COc2cc(C)cc3oc(=O)cc(C)c23)cc1Cl. The molecule has 0 saturated carbocycles. The summed E-state index contributed by atoms with van der Waals surface area (Å²) in [5, 5.41) is 3.69. The van der Waals surface area contributed by atoms with E-state index in [0.29, 0.717) is 44.5 Å². The first kappa shape index (κ1) is 20.5. The molecule has 1 amide bonds. The van der Waals surface area contributed by atoms with Crippen LogP contribution in [-0.4, -0.2) is 26.7 Å². The highest BCUT2D eigenvalue weighted by Crippen LogP contribution is 2.36. The first-order chi connectivity index (χ1) is 13.8. The van der Waals surface area contributed by atoms with Gasteiger partial charge in [-0.25, -0.2) is 4.79 Å². The number of nitrogens with one attached hydrogen (secondary N) is 1. The number of carbonyl (C=O) groups is 1. The molecule has 3 aromatic rings. The number of halogens is 1. The van der Waals surface area contributed by atoms with Gasteiger partial charge in [0.1, 0.15) is 22.8 Å². The van der Waals surface area contributed by atoms with Gasteiger partial charge in [0, 0.05) is 12.1 Å². The largest absolute Gasteiger partial charge is 0.495 e. The molecule has 0 saturated heterocycles. The monoisotopic (exact) mass is 417 g/mol. The van der Waals surface area contributed by atoms with Gasteiger partial charge in [-0.15, -0.1) is 0 Å². The molecular weight excluding hydrogens is 398 g/mol. The average Bonchev–Trinajstić information content (AvgIpc) is 2.65. The van der Waals surface area contributed by atoms with E-state index in [0.717, 1.165) is 5.56 Å². The number of benzene rings is 2. The van der Waals surface area contributed by atoms with E-state index in [1.807, 2.05) is 6.92 Å². The second-order valence-electron chi connectivity index (χ2n) is 6.41. The van der Waals surface area contributed by atoms with Crippen LogP contribution < -0.4 is 25.2 Å². The van der Waals surface area contributed by atoms with Crippen LogP contribution >= 0.6 is 11.6 Å². The van der Waals surface area contributed by atoms with Gasteiger partial charge < -0.3 is 23.9 Å². The Balaban J connectivity index is 1.82. The zero-order chi connectivity index (χ0) is 21.1. The van der Waals surface area contributed by atoms with Crippen molar-refractivity contribution in [1.29, 1.82) is 0 Å². The van der Waals surface area contributed by atoms with Crippen molar-refractivity contribution in [3.8, 4) is 17.2 Å². The van der Waals surface area contributed by atoms with Crippen LogP contribution in [0.5, 0.6) is 17.2 Å². The van der Waals surface area contributed by atoms with Gasteiger partial charge in [-0.2, -0.15) is 0 Å². The molecule has 1 N–H and O–H groups in total. The quantitative estimate of drug-likeness (QED) is 0.607. The maximum Gasteiger partial charge on any atom is 0.336 e. The van der Waals surface area contributed by atoms with E-state index in [4.69, 9.17) is 30.2 Å². The second kappa shape index (κ2) is 8.45. The Morgan fingerprint density at radius 3 is 2.45 bits per heavy atom. The standard InChI is InChI=1S/C21H20ClNO6/c1-11-5-17(21-12(2)7-20(25)29-18(21)6-11)28-10-19(24)23-14-8-13(22)15(26-3)9-16(14)27-4/h5-9H,10H2,1-4H3,(H,23,24). The maximum absolute atomic E-state index is 12.4. The normalized spacial score (nSPS) is 10.7. The lowest BCUT2D eigenvalue weighted by molar-refractivity contribution is -0.118. The maximum atomic E-state index is 12.4. The Morgan fingerprint density at radius 2 is 1.76 bits per heavy atom. The Kier molecular flexibility index (Phi) is 5.98. The molecule has 1 aromatic heterocycles. The molecule has 152 valence electrons. The number of carbonyl (C=O) groups excluding carboxylic acids is 1. The number of fused-ring (bicyclic) bond motifs is 1. The zero-order valence-electron chi connectivity index (χ0n) is 16.4. The molecule has 29 heavy (non-hydrogen) atoms. The van der Waals surface area contributed by atoms with Crippen molar-refractivity contribution in [2.75, 3.05) is 26.1 Å². The lowest BCUT2D eigenvalue weighted by atomic mass is 10.1. The predicted molar refractivity (Wildman–Crippen MR) is 111 cm³/mol. The number of ether oxygens (including phenoxy) is 3. The lowest BCUT2D eigenvalue weighted by Gasteiger charge is -2.14. The van der Waals surface area contributed by atoms with Crippen LogP contribution in [0.1, 0.15) is 11.1 Å². The molecule has 0 atom stereocenters. The van der Waals surface area contributed by atoms with E-state index >= 15 is 0 Å². The highest BCUT2D eigenvalue weighted by molar-refractivity contribution is 6.32. The third kappa shape index (κ3) is 4.46. The number of methoxy groups -OCH3 is 2. The number of anilines is 1. The van der Waals surface area contributed by atoms with E-state index < -0.39 is 11.5 Å². The molecule has 0 aliphatic rings. The summed E-state index contributed by atoms with van der Waals surface area (Å²) in [7, 11) is 2.97. The van der Waals surface area contributed by atoms with Crippen molar-refractivity contribution in [2.24, 2.45) is 0 Å². The van der Waals surface area contributed by atoms with Crippen molar-refractivity contribution >= 4 is 34.2 Å². The van der Waals surface area contributed by atoms with Crippen LogP contribution in [0, 0.1) is 13.8 Å². The van der Waals surface area contributed by atoms with Gasteiger partial charge >= 0.3 is 5.63 Å².